The molecule has 0 aromatic heterocycles. The SMILES string of the molecule is CC(C)OCCCCNCc1ccc2c(c1)NC(=O)CO2. The number of carbonyl (C=O) groups excluding carboxylic acids is 1. The van der Waals surface area contributed by atoms with Gasteiger partial charge in [-0.15, -0.1) is 0 Å². The van der Waals surface area contributed by atoms with E-state index in [0.29, 0.717) is 6.10 Å². The molecule has 1 heterocycles. The van der Waals surface area contributed by atoms with Crippen molar-refractivity contribution in [2.75, 3.05) is 25.1 Å². The maximum Gasteiger partial charge on any atom is 0.262 e. The van der Waals surface area contributed by atoms with E-state index in [-0.39, 0.29) is 12.5 Å². The lowest BCUT2D eigenvalue weighted by Crippen LogP contribution is -2.25. The maximum absolute atomic E-state index is 11.3. The summed E-state index contributed by atoms with van der Waals surface area (Å²) in [7, 11) is 0. The Labute approximate surface area is 126 Å². The Kier molecular flexibility index (Phi) is 6.02. The molecule has 0 aliphatic carbocycles. The van der Waals surface area contributed by atoms with E-state index < -0.39 is 0 Å². The van der Waals surface area contributed by atoms with E-state index in [1.54, 1.807) is 0 Å². The summed E-state index contributed by atoms with van der Waals surface area (Å²) >= 11 is 0. The zero-order valence-electron chi connectivity index (χ0n) is 12.8. The number of ether oxygens (including phenoxy) is 2. The first-order valence-electron chi connectivity index (χ1n) is 7.53. The molecule has 1 aromatic rings. The summed E-state index contributed by atoms with van der Waals surface area (Å²) in [6.07, 6.45) is 2.47. The molecule has 1 amide bonds. The molecule has 0 radical (unpaired) electrons. The van der Waals surface area contributed by atoms with Gasteiger partial charge in [0.05, 0.1) is 11.8 Å². The largest absolute Gasteiger partial charge is 0.482 e. The van der Waals surface area contributed by atoms with Crippen LogP contribution in [0.3, 0.4) is 0 Å². The van der Waals surface area contributed by atoms with Crippen LogP contribution in [-0.2, 0) is 16.1 Å². The van der Waals surface area contributed by atoms with E-state index in [1.165, 1.54) is 0 Å². The van der Waals surface area contributed by atoms with Gasteiger partial charge in [0.25, 0.3) is 5.91 Å². The third-order valence-corrected chi connectivity index (χ3v) is 3.21. The van der Waals surface area contributed by atoms with Gasteiger partial charge in [0.15, 0.2) is 6.61 Å². The Morgan fingerprint density at radius 1 is 1.38 bits per heavy atom. The fourth-order valence-electron chi connectivity index (χ4n) is 2.14. The third-order valence-electron chi connectivity index (χ3n) is 3.21. The lowest BCUT2D eigenvalue weighted by atomic mass is 10.1. The second-order valence-electron chi connectivity index (χ2n) is 5.47. The van der Waals surface area contributed by atoms with Crippen molar-refractivity contribution in [3.8, 4) is 5.75 Å². The molecule has 1 aliphatic rings. The molecular formula is C16H24N2O3. The highest BCUT2D eigenvalue weighted by atomic mass is 16.5. The molecular weight excluding hydrogens is 268 g/mol. The van der Waals surface area contributed by atoms with Gasteiger partial charge in [-0.2, -0.15) is 0 Å². The van der Waals surface area contributed by atoms with Gasteiger partial charge in [0.1, 0.15) is 5.75 Å². The van der Waals surface area contributed by atoms with E-state index in [0.717, 1.165) is 49.5 Å². The zero-order valence-corrected chi connectivity index (χ0v) is 12.8. The van der Waals surface area contributed by atoms with E-state index >= 15 is 0 Å². The van der Waals surface area contributed by atoms with Crippen LogP contribution in [0.2, 0.25) is 0 Å². The monoisotopic (exact) mass is 292 g/mol. The number of carbonyl (C=O) groups is 1. The second-order valence-corrected chi connectivity index (χ2v) is 5.47. The minimum Gasteiger partial charge on any atom is -0.482 e. The predicted molar refractivity (Wildman–Crippen MR) is 82.6 cm³/mol. The lowest BCUT2D eigenvalue weighted by molar-refractivity contribution is -0.118. The Hall–Kier alpha value is -1.59. The van der Waals surface area contributed by atoms with Crippen molar-refractivity contribution in [3.05, 3.63) is 23.8 Å². The molecule has 1 aliphatic heterocycles. The van der Waals surface area contributed by atoms with Gasteiger partial charge in [0.2, 0.25) is 0 Å². The number of hydrogen-bond donors (Lipinski definition) is 2. The Morgan fingerprint density at radius 3 is 3.05 bits per heavy atom. The standard InChI is InChI=1S/C16H24N2O3/c1-12(2)20-8-4-3-7-17-10-13-5-6-15-14(9-13)18-16(19)11-21-15/h5-6,9,12,17H,3-4,7-8,10-11H2,1-2H3,(H,18,19). The van der Waals surface area contributed by atoms with E-state index in [2.05, 4.69) is 24.5 Å². The fraction of sp³-hybridized carbons (Fsp3) is 0.562. The first-order chi connectivity index (χ1) is 10.1. The molecule has 1 aromatic carbocycles. The summed E-state index contributed by atoms with van der Waals surface area (Å²) in [5.41, 5.74) is 1.90. The smallest absolute Gasteiger partial charge is 0.262 e. The normalized spacial score (nSPS) is 13.8. The topological polar surface area (TPSA) is 59.6 Å². The van der Waals surface area contributed by atoms with Crippen molar-refractivity contribution in [3.63, 3.8) is 0 Å². The average Bonchev–Trinajstić information content (AvgIpc) is 2.45. The second kappa shape index (κ2) is 8.00. The molecule has 0 saturated heterocycles. The van der Waals surface area contributed by atoms with E-state index in [1.807, 2.05) is 18.2 Å². The number of rotatable bonds is 8. The van der Waals surface area contributed by atoms with Crippen molar-refractivity contribution in [2.24, 2.45) is 0 Å². The first kappa shape index (κ1) is 15.8. The van der Waals surface area contributed by atoms with Gasteiger partial charge >= 0.3 is 0 Å². The van der Waals surface area contributed by atoms with Gasteiger partial charge in [0, 0.05) is 13.2 Å². The quantitative estimate of drug-likeness (QED) is 0.722. The van der Waals surface area contributed by atoms with Gasteiger partial charge < -0.3 is 20.1 Å². The molecule has 5 heteroatoms. The highest BCUT2D eigenvalue weighted by Crippen LogP contribution is 2.28. The van der Waals surface area contributed by atoms with Crippen LogP contribution in [0.1, 0.15) is 32.3 Å². The lowest BCUT2D eigenvalue weighted by Gasteiger charge is -2.18. The van der Waals surface area contributed by atoms with Crippen LogP contribution in [-0.4, -0.2) is 31.8 Å². The summed E-state index contributed by atoms with van der Waals surface area (Å²) in [6.45, 7) is 6.77. The average molecular weight is 292 g/mol. The van der Waals surface area contributed by atoms with Crippen LogP contribution in [0.25, 0.3) is 0 Å². The van der Waals surface area contributed by atoms with Crippen LogP contribution < -0.4 is 15.4 Å². The van der Waals surface area contributed by atoms with Crippen LogP contribution in [0, 0.1) is 0 Å². The molecule has 0 saturated carbocycles. The minimum absolute atomic E-state index is 0.0993. The molecule has 2 N–H and O–H groups in total. The molecule has 5 nitrogen and oxygen atoms in total. The Morgan fingerprint density at radius 2 is 2.24 bits per heavy atom. The molecule has 0 spiro atoms. The van der Waals surface area contributed by atoms with Crippen molar-refractivity contribution in [2.45, 2.75) is 39.3 Å². The summed E-state index contributed by atoms with van der Waals surface area (Å²) in [5.74, 6) is 0.641. The van der Waals surface area contributed by atoms with Crippen LogP contribution in [0.4, 0.5) is 5.69 Å². The van der Waals surface area contributed by atoms with Gasteiger partial charge in [-0.3, -0.25) is 4.79 Å². The van der Waals surface area contributed by atoms with Crippen LogP contribution in [0.15, 0.2) is 18.2 Å². The van der Waals surface area contributed by atoms with Crippen molar-refractivity contribution >= 4 is 11.6 Å². The molecule has 116 valence electrons. The number of anilines is 1. The van der Waals surface area contributed by atoms with Crippen molar-refractivity contribution in [1.29, 1.82) is 0 Å². The Bertz CT molecular complexity index is 475. The Balaban J connectivity index is 1.67. The zero-order chi connectivity index (χ0) is 15.1. The third kappa shape index (κ3) is 5.36. The number of amides is 1. The van der Waals surface area contributed by atoms with Crippen LogP contribution in [0.5, 0.6) is 5.75 Å². The molecule has 0 bridgehead atoms. The number of benzene rings is 1. The first-order valence-corrected chi connectivity index (χ1v) is 7.53. The van der Waals surface area contributed by atoms with E-state index in [9.17, 15) is 4.79 Å². The summed E-state index contributed by atoms with van der Waals surface area (Å²) in [6, 6.07) is 5.88. The number of unbranched alkanes of at least 4 members (excludes halogenated alkanes) is 1. The number of nitrogens with one attached hydrogen (secondary N) is 2. The van der Waals surface area contributed by atoms with Gasteiger partial charge in [-0.25, -0.2) is 0 Å². The predicted octanol–water partition coefficient (Wildman–Crippen LogP) is 2.31. The van der Waals surface area contributed by atoms with E-state index in [4.69, 9.17) is 9.47 Å². The van der Waals surface area contributed by atoms with Crippen LogP contribution >= 0.6 is 0 Å². The van der Waals surface area contributed by atoms with Crippen molar-refractivity contribution < 1.29 is 14.3 Å². The van der Waals surface area contributed by atoms with Gasteiger partial charge in [-0.1, -0.05) is 6.07 Å². The summed E-state index contributed by atoms with van der Waals surface area (Å²) in [4.78, 5) is 11.3. The molecule has 0 fully saturated rings. The summed E-state index contributed by atoms with van der Waals surface area (Å²) in [5, 5.41) is 6.22. The molecule has 0 unspecified atom stereocenters. The molecule has 21 heavy (non-hydrogen) atoms. The number of hydrogen-bond acceptors (Lipinski definition) is 4. The summed E-state index contributed by atoms with van der Waals surface area (Å²) < 4.78 is 10.8. The molecule has 0 atom stereocenters. The minimum atomic E-state index is -0.0993. The molecule has 2 rings (SSSR count). The highest BCUT2D eigenvalue weighted by Gasteiger charge is 2.15. The fourth-order valence-corrected chi connectivity index (χ4v) is 2.14. The van der Waals surface area contributed by atoms with Crippen molar-refractivity contribution in [1.82, 2.24) is 5.32 Å². The maximum atomic E-state index is 11.3. The number of fused-ring (bicyclic) bond motifs is 1. The highest BCUT2D eigenvalue weighted by molar-refractivity contribution is 5.95. The van der Waals surface area contributed by atoms with Gasteiger partial charge in [-0.05, 0) is 50.9 Å².